The molecule has 0 spiro atoms. The van der Waals surface area contributed by atoms with Gasteiger partial charge in [0.25, 0.3) is 0 Å². The average molecular weight is 390 g/mol. The number of benzene rings is 2. The Balaban J connectivity index is 1.71. The van der Waals surface area contributed by atoms with Crippen LogP contribution in [0.1, 0.15) is 27.9 Å². The maximum Gasteiger partial charge on any atom is 0.412 e. The van der Waals surface area contributed by atoms with Crippen molar-refractivity contribution in [3.05, 3.63) is 76.6 Å². The van der Waals surface area contributed by atoms with Gasteiger partial charge in [-0.25, -0.2) is 4.79 Å². The number of nitrogens with one attached hydrogen (secondary N) is 1. The fraction of sp³-hybridized carbons (Fsp3) is 0.250. The molecular weight excluding hydrogens is 364 g/mol. The highest BCUT2D eigenvalue weighted by Crippen LogP contribution is 2.27. The molecule has 1 aromatic heterocycles. The molecule has 2 aromatic carbocycles. The summed E-state index contributed by atoms with van der Waals surface area (Å²) in [4.78, 5) is 16.7. The molecule has 0 saturated heterocycles. The van der Waals surface area contributed by atoms with Gasteiger partial charge in [-0.3, -0.25) is 4.98 Å². The molecule has 0 saturated carbocycles. The number of ether oxygens (including phenoxy) is 2. The topological polar surface area (TPSA) is 60.5 Å². The minimum atomic E-state index is -0.522. The van der Waals surface area contributed by atoms with Crippen LogP contribution >= 0.6 is 0 Å². The number of hydrogen-bond donors (Lipinski definition) is 1. The Morgan fingerprint density at radius 3 is 2.48 bits per heavy atom. The number of amides is 1. The van der Waals surface area contributed by atoms with Crippen LogP contribution < -0.4 is 14.8 Å². The zero-order valence-corrected chi connectivity index (χ0v) is 17.5. The molecule has 0 aliphatic rings. The lowest BCUT2D eigenvalue weighted by molar-refractivity contribution is 0.200. The monoisotopic (exact) mass is 390 g/mol. The van der Waals surface area contributed by atoms with Crippen molar-refractivity contribution in [2.24, 2.45) is 0 Å². The van der Waals surface area contributed by atoms with Gasteiger partial charge in [0.1, 0.15) is 11.5 Å². The van der Waals surface area contributed by atoms with Crippen molar-refractivity contribution in [1.82, 2.24) is 10.3 Å². The molecule has 1 amide bonds. The first-order chi connectivity index (χ1) is 13.9. The van der Waals surface area contributed by atoms with E-state index in [1.54, 1.807) is 13.3 Å². The highest BCUT2D eigenvalue weighted by atomic mass is 16.6. The lowest BCUT2D eigenvalue weighted by Gasteiger charge is -2.13. The average Bonchev–Trinajstić information content (AvgIpc) is 2.67. The van der Waals surface area contributed by atoms with E-state index in [0.717, 1.165) is 39.3 Å². The molecule has 1 heterocycles. The Morgan fingerprint density at radius 1 is 1.00 bits per heavy atom. The number of rotatable bonds is 5. The molecule has 0 aliphatic carbocycles. The lowest BCUT2D eigenvalue weighted by Crippen LogP contribution is -2.27. The number of methoxy groups -OCH3 is 1. The first kappa shape index (κ1) is 20.4. The summed E-state index contributed by atoms with van der Waals surface area (Å²) < 4.78 is 10.9. The number of nitrogens with zero attached hydrogens (tertiary/aromatic N) is 1. The maximum atomic E-state index is 12.3. The zero-order chi connectivity index (χ0) is 21.0. The normalized spacial score (nSPS) is 10.5. The summed E-state index contributed by atoms with van der Waals surface area (Å²) in [6.45, 7) is 8.16. The third-order valence-corrected chi connectivity index (χ3v) is 4.76. The molecule has 3 aromatic rings. The highest BCUT2D eigenvalue weighted by molar-refractivity contribution is 5.73. The van der Waals surface area contributed by atoms with Gasteiger partial charge >= 0.3 is 6.09 Å². The molecule has 5 heteroatoms. The van der Waals surface area contributed by atoms with Crippen LogP contribution in [0.15, 0.2) is 48.7 Å². The Hall–Kier alpha value is -3.34. The number of pyridine rings is 1. The number of carbonyl (C=O) groups is 1. The van der Waals surface area contributed by atoms with Gasteiger partial charge in [-0.15, -0.1) is 0 Å². The molecule has 3 rings (SSSR count). The second-order valence-corrected chi connectivity index (χ2v) is 7.19. The highest BCUT2D eigenvalue weighted by Gasteiger charge is 2.12. The van der Waals surface area contributed by atoms with Crippen LogP contribution in [-0.2, 0) is 6.54 Å². The van der Waals surface area contributed by atoms with Crippen molar-refractivity contribution in [2.75, 3.05) is 7.11 Å². The van der Waals surface area contributed by atoms with Crippen LogP contribution in [-0.4, -0.2) is 18.2 Å². The van der Waals surface area contributed by atoms with Gasteiger partial charge in [-0.05, 0) is 56.5 Å². The molecule has 0 aliphatic heterocycles. The number of hydrogen-bond acceptors (Lipinski definition) is 4. The summed E-state index contributed by atoms with van der Waals surface area (Å²) in [6, 6.07) is 14.0. The molecule has 0 fully saturated rings. The predicted octanol–water partition coefficient (Wildman–Crippen LogP) is 5.28. The minimum Gasteiger partial charge on any atom is -0.496 e. The molecule has 0 unspecified atom stereocenters. The summed E-state index contributed by atoms with van der Waals surface area (Å²) in [5.74, 6) is 1.29. The van der Waals surface area contributed by atoms with Crippen LogP contribution in [0, 0.1) is 27.7 Å². The number of aryl methyl sites for hydroxylation is 3. The van der Waals surface area contributed by atoms with Crippen LogP contribution in [0.5, 0.6) is 11.5 Å². The third-order valence-electron chi connectivity index (χ3n) is 4.76. The summed E-state index contributed by atoms with van der Waals surface area (Å²) in [5, 5.41) is 2.77. The molecule has 5 nitrogen and oxygen atoms in total. The van der Waals surface area contributed by atoms with E-state index in [0.29, 0.717) is 5.75 Å². The zero-order valence-electron chi connectivity index (χ0n) is 17.5. The SMILES string of the molecule is COc1c(C)cnc(CNC(=O)Oc2cc(C)cc(-c3cccc(C)c3)c2)c1C. The van der Waals surface area contributed by atoms with Gasteiger partial charge in [0.05, 0.1) is 19.3 Å². The standard InChI is InChI=1S/C24H26N2O3/c1-15-7-6-8-19(9-15)20-10-16(2)11-21(12-20)29-24(27)26-14-22-18(4)23(28-5)17(3)13-25-22/h6-13H,14H2,1-5H3,(H,26,27). The van der Waals surface area contributed by atoms with E-state index >= 15 is 0 Å². The van der Waals surface area contributed by atoms with Crippen molar-refractivity contribution in [2.45, 2.75) is 34.2 Å². The summed E-state index contributed by atoms with van der Waals surface area (Å²) >= 11 is 0. The van der Waals surface area contributed by atoms with E-state index in [-0.39, 0.29) is 6.54 Å². The first-order valence-electron chi connectivity index (χ1n) is 9.51. The van der Waals surface area contributed by atoms with Crippen molar-refractivity contribution < 1.29 is 14.3 Å². The minimum absolute atomic E-state index is 0.262. The van der Waals surface area contributed by atoms with Gasteiger partial charge in [-0.1, -0.05) is 35.9 Å². The molecule has 0 radical (unpaired) electrons. The Morgan fingerprint density at radius 2 is 1.76 bits per heavy atom. The van der Waals surface area contributed by atoms with Crippen molar-refractivity contribution in [1.29, 1.82) is 0 Å². The van der Waals surface area contributed by atoms with Crippen molar-refractivity contribution >= 4 is 6.09 Å². The molecule has 150 valence electrons. The van der Waals surface area contributed by atoms with Crippen LogP contribution in [0.25, 0.3) is 11.1 Å². The quantitative estimate of drug-likeness (QED) is 0.644. The smallest absolute Gasteiger partial charge is 0.412 e. The summed E-state index contributed by atoms with van der Waals surface area (Å²) in [6.07, 6.45) is 1.22. The fourth-order valence-corrected chi connectivity index (χ4v) is 3.35. The summed E-state index contributed by atoms with van der Waals surface area (Å²) in [5.41, 5.74) is 6.91. The lowest BCUT2D eigenvalue weighted by atomic mass is 10.0. The fourth-order valence-electron chi connectivity index (χ4n) is 3.35. The van der Waals surface area contributed by atoms with Crippen LogP contribution in [0.2, 0.25) is 0 Å². The van der Waals surface area contributed by atoms with E-state index in [2.05, 4.69) is 35.4 Å². The first-order valence-corrected chi connectivity index (χ1v) is 9.51. The van der Waals surface area contributed by atoms with Crippen molar-refractivity contribution in [3.63, 3.8) is 0 Å². The Kier molecular flexibility index (Phi) is 6.17. The van der Waals surface area contributed by atoms with Gasteiger partial charge in [-0.2, -0.15) is 0 Å². The Labute approximate surface area is 171 Å². The molecule has 0 bridgehead atoms. The predicted molar refractivity (Wildman–Crippen MR) is 114 cm³/mol. The van der Waals surface area contributed by atoms with Crippen LogP contribution in [0.4, 0.5) is 4.79 Å². The third kappa shape index (κ3) is 4.93. The van der Waals surface area contributed by atoms with E-state index < -0.39 is 6.09 Å². The van der Waals surface area contributed by atoms with Crippen LogP contribution in [0.3, 0.4) is 0 Å². The van der Waals surface area contributed by atoms with Gasteiger partial charge < -0.3 is 14.8 Å². The Bertz CT molecular complexity index is 1040. The van der Waals surface area contributed by atoms with Gasteiger partial charge in [0, 0.05) is 17.3 Å². The van der Waals surface area contributed by atoms with E-state index in [1.807, 2.05) is 45.0 Å². The second kappa shape index (κ2) is 8.78. The second-order valence-electron chi connectivity index (χ2n) is 7.19. The number of aromatic nitrogens is 1. The molecule has 29 heavy (non-hydrogen) atoms. The number of carbonyl (C=O) groups excluding carboxylic acids is 1. The van der Waals surface area contributed by atoms with E-state index in [4.69, 9.17) is 9.47 Å². The molecule has 0 atom stereocenters. The van der Waals surface area contributed by atoms with E-state index in [1.165, 1.54) is 5.56 Å². The largest absolute Gasteiger partial charge is 0.496 e. The van der Waals surface area contributed by atoms with Gasteiger partial charge in [0.15, 0.2) is 0 Å². The van der Waals surface area contributed by atoms with E-state index in [9.17, 15) is 4.79 Å². The molecular formula is C24H26N2O3. The maximum absolute atomic E-state index is 12.3. The van der Waals surface area contributed by atoms with Crippen molar-refractivity contribution in [3.8, 4) is 22.6 Å². The summed E-state index contributed by atoms with van der Waals surface area (Å²) in [7, 11) is 1.63. The molecule has 1 N–H and O–H groups in total. The van der Waals surface area contributed by atoms with Gasteiger partial charge in [0.2, 0.25) is 0 Å².